The Hall–Kier alpha value is -0.370. The lowest BCUT2D eigenvalue weighted by molar-refractivity contribution is -0.132. The summed E-state index contributed by atoms with van der Waals surface area (Å²) in [5.41, 5.74) is 0.768. The zero-order valence-corrected chi connectivity index (χ0v) is 19.6. The fraction of sp³-hybridized carbons (Fsp3) is 0.963. The van der Waals surface area contributed by atoms with Gasteiger partial charge in [-0.3, -0.25) is 4.79 Å². The van der Waals surface area contributed by atoms with Crippen LogP contribution in [0.2, 0.25) is 0 Å². The molecule has 0 bridgehead atoms. The Bertz CT molecular complexity index is 669. The second-order valence-electron chi connectivity index (χ2n) is 12.7. The topological polar surface area (TPSA) is 29.6 Å². The lowest BCUT2D eigenvalue weighted by atomic mass is 9.44. The Labute approximate surface area is 178 Å². The number of fused-ring (bicyclic) bond motifs is 4. The molecule has 5 aliphatic rings. The van der Waals surface area contributed by atoms with Crippen LogP contribution in [0, 0.1) is 46.3 Å². The van der Waals surface area contributed by atoms with E-state index in [1.807, 2.05) is 0 Å². The van der Waals surface area contributed by atoms with Crippen molar-refractivity contribution in [2.24, 2.45) is 46.3 Å². The van der Waals surface area contributed by atoms with Crippen LogP contribution in [0.15, 0.2) is 0 Å². The van der Waals surface area contributed by atoms with Crippen molar-refractivity contribution < 1.29 is 9.53 Å². The molecule has 0 amide bonds. The summed E-state index contributed by atoms with van der Waals surface area (Å²) >= 11 is 0. The van der Waals surface area contributed by atoms with Crippen LogP contribution in [0.5, 0.6) is 0 Å². The summed E-state index contributed by atoms with van der Waals surface area (Å²) in [4.78, 5) is 12.3. The molecule has 164 valence electrons. The Morgan fingerprint density at radius 1 is 0.966 bits per heavy atom. The van der Waals surface area contributed by atoms with Crippen LogP contribution in [0.25, 0.3) is 0 Å². The van der Waals surface area contributed by atoms with Crippen molar-refractivity contribution in [2.45, 2.75) is 117 Å². The highest BCUT2D eigenvalue weighted by Gasteiger charge is 2.76. The molecule has 4 aliphatic carbocycles. The summed E-state index contributed by atoms with van der Waals surface area (Å²) in [7, 11) is 0. The van der Waals surface area contributed by atoms with Crippen molar-refractivity contribution in [3.8, 4) is 0 Å². The molecule has 0 aromatic heterocycles. The minimum absolute atomic E-state index is 0.0344. The van der Waals surface area contributed by atoms with Gasteiger partial charge in [0, 0.05) is 11.8 Å². The third kappa shape index (κ3) is 2.79. The van der Waals surface area contributed by atoms with Crippen molar-refractivity contribution in [3.63, 3.8) is 0 Å². The average molecular weight is 401 g/mol. The van der Waals surface area contributed by atoms with E-state index in [-0.39, 0.29) is 17.1 Å². The number of hydrogen-bond donors (Lipinski definition) is 0. The summed E-state index contributed by atoms with van der Waals surface area (Å²) < 4.78 is 6.24. The zero-order valence-electron chi connectivity index (χ0n) is 19.6. The largest absolute Gasteiger partial charge is 0.357 e. The van der Waals surface area contributed by atoms with Gasteiger partial charge in [-0.1, -0.05) is 53.9 Å². The summed E-state index contributed by atoms with van der Waals surface area (Å²) in [6.07, 6.45) is 14.3. The van der Waals surface area contributed by atoms with E-state index in [1.54, 1.807) is 0 Å². The van der Waals surface area contributed by atoms with Gasteiger partial charge in [-0.25, -0.2) is 0 Å². The molecule has 9 atom stereocenters. The Morgan fingerprint density at radius 2 is 1.76 bits per heavy atom. The van der Waals surface area contributed by atoms with Crippen LogP contribution in [0.1, 0.15) is 105 Å². The van der Waals surface area contributed by atoms with E-state index in [1.165, 1.54) is 51.4 Å². The van der Waals surface area contributed by atoms with E-state index in [4.69, 9.17) is 4.74 Å². The van der Waals surface area contributed by atoms with Gasteiger partial charge in [0.1, 0.15) is 11.7 Å². The standard InChI is InChI=1S/C27H44O2/c1-17(2)7-6-8-18(3)20-9-10-21-19-11-16-27-24(29-27)23(28)13-15-26(27,5)22(19)12-14-25(20,21)4/h17-22,24H,6-16H2,1-5H3/t18?,19?,20?,21?,22?,24?,25-,26-,27?/m1/s1. The van der Waals surface area contributed by atoms with Crippen LogP contribution < -0.4 is 0 Å². The van der Waals surface area contributed by atoms with Crippen molar-refractivity contribution in [1.29, 1.82) is 0 Å². The molecule has 0 radical (unpaired) electrons. The maximum Gasteiger partial charge on any atom is 0.164 e. The molecule has 0 aromatic carbocycles. The average Bonchev–Trinajstić information content (AvgIpc) is 3.31. The second kappa shape index (κ2) is 6.81. The highest BCUT2D eigenvalue weighted by atomic mass is 16.6. The number of carbonyl (C=O) groups is 1. The second-order valence-corrected chi connectivity index (χ2v) is 12.7. The van der Waals surface area contributed by atoms with Crippen LogP contribution >= 0.6 is 0 Å². The van der Waals surface area contributed by atoms with E-state index in [2.05, 4.69) is 34.6 Å². The number of ether oxygens (including phenoxy) is 1. The third-order valence-electron chi connectivity index (χ3n) is 11.2. The number of ketones is 1. The quantitative estimate of drug-likeness (QED) is 0.474. The first-order chi connectivity index (χ1) is 13.7. The maximum absolute atomic E-state index is 12.3. The number of hydrogen-bond acceptors (Lipinski definition) is 2. The lowest BCUT2D eigenvalue weighted by Crippen LogP contribution is -2.58. The molecule has 5 fully saturated rings. The van der Waals surface area contributed by atoms with Crippen molar-refractivity contribution in [2.75, 3.05) is 0 Å². The van der Waals surface area contributed by atoms with Crippen LogP contribution in [0.3, 0.4) is 0 Å². The van der Waals surface area contributed by atoms with Crippen LogP contribution in [-0.4, -0.2) is 17.5 Å². The van der Waals surface area contributed by atoms with Crippen molar-refractivity contribution >= 4 is 5.78 Å². The molecule has 1 heterocycles. The van der Waals surface area contributed by atoms with Gasteiger partial charge in [0.25, 0.3) is 0 Å². The first-order valence-electron chi connectivity index (χ1n) is 12.9. The minimum atomic E-state index is -0.0562. The first-order valence-corrected chi connectivity index (χ1v) is 12.9. The van der Waals surface area contributed by atoms with E-state index < -0.39 is 0 Å². The Balaban J connectivity index is 1.32. The molecular formula is C27H44O2. The van der Waals surface area contributed by atoms with E-state index in [0.29, 0.717) is 11.2 Å². The Kier molecular flexibility index (Phi) is 4.82. The van der Waals surface area contributed by atoms with Crippen molar-refractivity contribution in [1.82, 2.24) is 0 Å². The number of epoxide rings is 1. The van der Waals surface area contributed by atoms with Gasteiger partial charge in [0.15, 0.2) is 5.78 Å². The molecule has 0 aromatic rings. The van der Waals surface area contributed by atoms with Gasteiger partial charge in [0.05, 0.1) is 0 Å². The first kappa shape index (κ1) is 20.5. The summed E-state index contributed by atoms with van der Waals surface area (Å²) in [5.74, 6) is 5.66. The van der Waals surface area contributed by atoms with Gasteiger partial charge in [-0.2, -0.15) is 0 Å². The number of Topliss-reactive ketones (excluding diaryl/α,β-unsaturated/α-hetero) is 1. The smallest absolute Gasteiger partial charge is 0.164 e. The van der Waals surface area contributed by atoms with Gasteiger partial charge in [-0.15, -0.1) is 0 Å². The molecular weight excluding hydrogens is 356 g/mol. The van der Waals surface area contributed by atoms with Gasteiger partial charge in [0.2, 0.25) is 0 Å². The minimum Gasteiger partial charge on any atom is -0.357 e. The molecule has 1 aliphatic heterocycles. The molecule has 0 N–H and O–H groups in total. The summed E-state index contributed by atoms with van der Waals surface area (Å²) in [6.45, 7) is 12.5. The zero-order chi connectivity index (χ0) is 20.6. The molecule has 5 rings (SSSR count). The van der Waals surface area contributed by atoms with Gasteiger partial charge in [-0.05, 0) is 85.9 Å². The predicted molar refractivity (Wildman–Crippen MR) is 118 cm³/mol. The molecule has 1 spiro atoms. The van der Waals surface area contributed by atoms with Crippen LogP contribution in [0.4, 0.5) is 0 Å². The molecule has 2 heteroatoms. The molecule has 1 saturated heterocycles. The van der Waals surface area contributed by atoms with Gasteiger partial charge < -0.3 is 4.74 Å². The number of rotatable bonds is 5. The predicted octanol–water partition coefficient (Wildman–Crippen LogP) is 6.81. The summed E-state index contributed by atoms with van der Waals surface area (Å²) in [6, 6.07) is 0. The third-order valence-corrected chi connectivity index (χ3v) is 11.2. The summed E-state index contributed by atoms with van der Waals surface area (Å²) in [5, 5.41) is 0. The molecule has 29 heavy (non-hydrogen) atoms. The monoisotopic (exact) mass is 400 g/mol. The van der Waals surface area contributed by atoms with E-state index >= 15 is 0 Å². The van der Waals surface area contributed by atoms with E-state index in [9.17, 15) is 4.79 Å². The maximum atomic E-state index is 12.3. The fourth-order valence-electron chi connectivity index (χ4n) is 9.52. The fourth-order valence-corrected chi connectivity index (χ4v) is 9.52. The molecule has 4 saturated carbocycles. The normalized spacial score (nSPS) is 51.8. The Morgan fingerprint density at radius 3 is 2.52 bits per heavy atom. The van der Waals surface area contributed by atoms with Crippen LogP contribution in [-0.2, 0) is 9.53 Å². The van der Waals surface area contributed by atoms with Crippen molar-refractivity contribution in [3.05, 3.63) is 0 Å². The molecule has 7 unspecified atom stereocenters. The highest BCUT2D eigenvalue weighted by Crippen LogP contribution is 2.73. The SMILES string of the molecule is CC(C)CCCC(C)C1CCC2C3CCC45OC4C(=O)CC[C@]5(C)C3CC[C@]12C. The van der Waals surface area contributed by atoms with Gasteiger partial charge >= 0.3 is 0 Å². The lowest BCUT2D eigenvalue weighted by Gasteiger charge is -2.59. The number of carbonyl (C=O) groups excluding carboxylic acids is 1. The highest BCUT2D eigenvalue weighted by molar-refractivity contribution is 5.88. The van der Waals surface area contributed by atoms with E-state index in [0.717, 1.165) is 54.8 Å². The molecule has 2 nitrogen and oxygen atoms in total.